The number of benzene rings is 1. The van der Waals surface area contributed by atoms with Crippen LogP contribution in [0.5, 0.6) is 0 Å². The van der Waals surface area contributed by atoms with Crippen LogP contribution in [0, 0.1) is 18.3 Å². The Morgan fingerprint density at radius 3 is 2.88 bits per heavy atom. The van der Waals surface area contributed by atoms with Gasteiger partial charge in [0.2, 0.25) is 5.89 Å². The minimum atomic E-state index is 0.437. The van der Waals surface area contributed by atoms with Crippen LogP contribution in [0.4, 0.5) is 0 Å². The molecule has 0 radical (unpaired) electrons. The highest BCUT2D eigenvalue weighted by atomic mass is 79.9. The summed E-state index contributed by atoms with van der Waals surface area (Å²) in [6.07, 6.45) is 0. The molecule has 0 unspecified atom stereocenters. The standard InChI is InChI=1S/C10H6BrN3OS/c1-6-13-14-10(15-6)16-9-4-2-3-8(11)7(9)5-12/h2-4H,1H3. The zero-order valence-corrected chi connectivity index (χ0v) is 10.7. The third-order valence-corrected chi connectivity index (χ3v) is 3.35. The van der Waals surface area contributed by atoms with E-state index in [0.717, 1.165) is 9.37 Å². The SMILES string of the molecule is Cc1nnc(Sc2cccc(Br)c2C#N)o1. The minimum absolute atomic E-state index is 0.437. The molecule has 1 heterocycles. The average Bonchev–Trinajstić information content (AvgIpc) is 2.64. The molecule has 16 heavy (non-hydrogen) atoms. The summed E-state index contributed by atoms with van der Waals surface area (Å²) in [6.45, 7) is 1.73. The molecule has 0 aliphatic heterocycles. The number of halogens is 1. The fraction of sp³-hybridized carbons (Fsp3) is 0.100. The third kappa shape index (κ3) is 2.26. The van der Waals surface area contributed by atoms with Crippen molar-refractivity contribution in [3.8, 4) is 6.07 Å². The van der Waals surface area contributed by atoms with Crippen molar-refractivity contribution in [2.24, 2.45) is 0 Å². The molecule has 0 aliphatic carbocycles. The molecule has 0 amide bonds. The maximum atomic E-state index is 9.02. The Morgan fingerprint density at radius 1 is 1.44 bits per heavy atom. The lowest BCUT2D eigenvalue weighted by Gasteiger charge is -2.01. The molecular formula is C10H6BrN3OS. The van der Waals surface area contributed by atoms with Crippen LogP contribution in [0.1, 0.15) is 11.5 Å². The second-order valence-corrected chi connectivity index (χ2v) is 4.76. The minimum Gasteiger partial charge on any atom is -0.416 e. The van der Waals surface area contributed by atoms with Crippen molar-refractivity contribution in [1.82, 2.24) is 10.2 Å². The highest BCUT2D eigenvalue weighted by Gasteiger charge is 2.11. The van der Waals surface area contributed by atoms with E-state index in [2.05, 4.69) is 32.2 Å². The number of rotatable bonds is 2. The Balaban J connectivity index is 2.35. The second kappa shape index (κ2) is 4.68. The van der Waals surface area contributed by atoms with Crippen LogP contribution in [-0.2, 0) is 0 Å². The van der Waals surface area contributed by atoms with E-state index in [0.29, 0.717) is 16.7 Å². The lowest BCUT2D eigenvalue weighted by molar-refractivity contribution is 0.429. The molecule has 2 aromatic rings. The summed E-state index contributed by atoms with van der Waals surface area (Å²) in [5.74, 6) is 0.510. The number of aryl methyl sites for hydroxylation is 1. The zero-order valence-electron chi connectivity index (χ0n) is 8.27. The molecule has 0 atom stereocenters. The zero-order chi connectivity index (χ0) is 11.5. The summed E-state index contributed by atoms with van der Waals surface area (Å²) in [7, 11) is 0. The molecule has 0 saturated carbocycles. The van der Waals surface area contributed by atoms with Gasteiger partial charge < -0.3 is 4.42 Å². The molecule has 0 N–H and O–H groups in total. The second-order valence-electron chi connectivity index (χ2n) is 2.91. The lowest BCUT2D eigenvalue weighted by atomic mass is 10.2. The van der Waals surface area contributed by atoms with Gasteiger partial charge in [-0.25, -0.2) is 0 Å². The van der Waals surface area contributed by atoms with Crippen LogP contribution in [0.2, 0.25) is 0 Å². The van der Waals surface area contributed by atoms with E-state index in [4.69, 9.17) is 9.68 Å². The smallest absolute Gasteiger partial charge is 0.281 e. The van der Waals surface area contributed by atoms with Crippen molar-refractivity contribution in [2.75, 3.05) is 0 Å². The summed E-state index contributed by atoms with van der Waals surface area (Å²) < 4.78 is 6.00. The van der Waals surface area contributed by atoms with Gasteiger partial charge in [0, 0.05) is 16.3 Å². The average molecular weight is 296 g/mol. The number of aromatic nitrogens is 2. The van der Waals surface area contributed by atoms with Crippen molar-refractivity contribution in [3.05, 3.63) is 34.1 Å². The number of nitriles is 1. The summed E-state index contributed by atoms with van der Waals surface area (Å²) >= 11 is 4.60. The third-order valence-electron chi connectivity index (χ3n) is 1.79. The van der Waals surface area contributed by atoms with Crippen LogP contribution in [0.25, 0.3) is 0 Å². The van der Waals surface area contributed by atoms with E-state index < -0.39 is 0 Å². The number of nitrogens with zero attached hydrogens (tertiary/aromatic N) is 3. The van der Waals surface area contributed by atoms with E-state index in [1.807, 2.05) is 18.2 Å². The normalized spacial score (nSPS) is 10.1. The largest absolute Gasteiger partial charge is 0.416 e. The quantitative estimate of drug-likeness (QED) is 0.851. The Morgan fingerprint density at radius 2 is 2.25 bits per heavy atom. The lowest BCUT2D eigenvalue weighted by Crippen LogP contribution is -1.83. The van der Waals surface area contributed by atoms with Crippen LogP contribution < -0.4 is 0 Å². The van der Waals surface area contributed by atoms with Gasteiger partial charge in [0.25, 0.3) is 5.22 Å². The predicted octanol–water partition coefficient (Wildman–Crippen LogP) is 3.16. The first-order chi connectivity index (χ1) is 7.70. The van der Waals surface area contributed by atoms with Crippen molar-refractivity contribution >= 4 is 27.7 Å². The van der Waals surface area contributed by atoms with Gasteiger partial charge in [0.1, 0.15) is 6.07 Å². The molecular weight excluding hydrogens is 290 g/mol. The first-order valence-corrected chi connectivity index (χ1v) is 5.98. The van der Waals surface area contributed by atoms with Gasteiger partial charge in [0.05, 0.1) is 5.56 Å². The molecule has 0 fully saturated rings. The van der Waals surface area contributed by atoms with Gasteiger partial charge in [-0.2, -0.15) is 5.26 Å². The van der Waals surface area contributed by atoms with E-state index in [1.165, 1.54) is 11.8 Å². The van der Waals surface area contributed by atoms with Crippen LogP contribution >= 0.6 is 27.7 Å². The topological polar surface area (TPSA) is 62.7 Å². The molecule has 0 bridgehead atoms. The Labute approximate surface area is 105 Å². The first kappa shape index (κ1) is 11.2. The van der Waals surface area contributed by atoms with E-state index in [9.17, 15) is 0 Å². The maximum Gasteiger partial charge on any atom is 0.281 e. The van der Waals surface area contributed by atoms with Crippen molar-refractivity contribution < 1.29 is 4.42 Å². The summed E-state index contributed by atoms with van der Waals surface area (Å²) in [5.41, 5.74) is 0.573. The van der Waals surface area contributed by atoms with Gasteiger partial charge in [-0.05, 0) is 39.8 Å². The molecule has 1 aromatic heterocycles. The molecule has 0 spiro atoms. The molecule has 6 heteroatoms. The number of hydrogen-bond acceptors (Lipinski definition) is 5. The van der Waals surface area contributed by atoms with Crippen LogP contribution in [0.3, 0.4) is 0 Å². The molecule has 1 aromatic carbocycles. The molecule has 4 nitrogen and oxygen atoms in total. The molecule has 0 aliphatic rings. The van der Waals surface area contributed by atoms with E-state index in [1.54, 1.807) is 6.92 Å². The molecule has 2 rings (SSSR count). The fourth-order valence-corrected chi connectivity index (χ4v) is 2.53. The Hall–Kier alpha value is -1.32. The van der Waals surface area contributed by atoms with E-state index >= 15 is 0 Å². The molecule has 0 saturated heterocycles. The van der Waals surface area contributed by atoms with Crippen LogP contribution in [-0.4, -0.2) is 10.2 Å². The van der Waals surface area contributed by atoms with Gasteiger partial charge in [-0.3, -0.25) is 0 Å². The van der Waals surface area contributed by atoms with Gasteiger partial charge in [-0.15, -0.1) is 10.2 Å². The summed E-state index contributed by atoms with van der Waals surface area (Å²) in [5, 5.41) is 17.1. The molecule has 80 valence electrons. The monoisotopic (exact) mass is 295 g/mol. The van der Waals surface area contributed by atoms with Gasteiger partial charge in [-0.1, -0.05) is 6.07 Å². The highest BCUT2D eigenvalue weighted by Crippen LogP contribution is 2.32. The number of hydrogen-bond donors (Lipinski definition) is 0. The van der Waals surface area contributed by atoms with Crippen molar-refractivity contribution in [2.45, 2.75) is 17.0 Å². The van der Waals surface area contributed by atoms with Crippen molar-refractivity contribution in [3.63, 3.8) is 0 Å². The fourth-order valence-electron chi connectivity index (χ4n) is 1.11. The summed E-state index contributed by atoms with van der Waals surface area (Å²) in [6, 6.07) is 7.65. The maximum absolute atomic E-state index is 9.02. The first-order valence-electron chi connectivity index (χ1n) is 4.37. The summed E-state index contributed by atoms with van der Waals surface area (Å²) in [4.78, 5) is 0.792. The Kier molecular flexibility index (Phi) is 3.27. The van der Waals surface area contributed by atoms with Gasteiger partial charge in [0.15, 0.2) is 0 Å². The highest BCUT2D eigenvalue weighted by molar-refractivity contribution is 9.10. The van der Waals surface area contributed by atoms with Crippen molar-refractivity contribution in [1.29, 1.82) is 5.26 Å². The van der Waals surface area contributed by atoms with Gasteiger partial charge >= 0.3 is 0 Å². The predicted molar refractivity (Wildman–Crippen MR) is 62.0 cm³/mol. The Bertz CT molecular complexity index is 561. The van der Waals surface area contributed by atoms with E-state index in [-0.39, 0.29) is 0 Å². The van der Waals surface area contributed by atoms with Crippen LogP contribution in [0.15, 0.2) is 37.2 Å².